The maximum Gasteiger partial charge on any atom is 0.314 e. The third-order valence-corrected chi connectivity index (χ3v) is 5.00. The van der Waals surface area contributed by atoms with Crippen LogP contribution in [0.25, 0.3) is 0 Å². The van der Waals surface area contributed by atoms with Crippen molar-refractivity contribution in [3.63, 3.8) is 0 Å². The van der Waals surface area contributed by atoms with Gasteiger partial charge in [0.2, 0.25) is 0 Å². The maximum atomic E-state index is 11.7. The molecule has 0 radical (unpaired) electrons. The van der Waals surface area contributed by atoms with Crippen LogP contribution in [0.4, 0.5) is 0 Å². The highest BCUT2D eigenvalue weighted by Gasteiger charge is 2.43. The zero-order valence-electron chi connectivity index (χ0n) is 11.5. The first-order valence-electron chi connectivity index (χ1n) is 7.50. The van der Waals surface area contributed by atoms with E-state index in [1.165, 1.54) is 0 Å². The molecule has 0 unspecified atom stereocenters. The van der Waals surface area contributed by atoms with Gasteiger partial charge in [-0.25, -0.2) is 0 Å². The van der Waals surface area contributed by atoms with Crippen molar-refractivity contribution in [3.8, 4) is 0 Å². The zero-order valence-corrected chi connectivity index (χ0v) is 11.5. The minimum atomic E-state index is -0.794. The van der Waals surface area contributed by atoms with Gasteiger partial charge in [-0.15, -0.1) is 0 Å². The molecule has 2 N–H and O–H groups in total. The molecule has 0 aromatic heterocycles. The van der Waals surface area contributed by atoms with Crippen molar-refractivity contribution in [2.75, 3.05) is 0 Å². The van der Waals surface area contributed by atoms with E-state index in [-0.39, 0.29) is 0 Å². The van der Waals surface area contributed by atoms with Crippen LogP contribution in [0, 0.1) is 11.8 Å². The first-order chi connectivity index (χ1) is 9.61. The van der Waals surface area contributed by atoms with Crippen LogP contribution in [0.2, 0.25) is 0 Å². The number of carboxylic acids is 2. The molecule has 3 aliphatic carbocycles. The molecule has 3 rings (SSSR count). The number of rotatable bonds is 2. The summed E-state index contributed by atoms with van der Waals surface area (Å²) in [6, 6.07) is 0. The van der Waals surface area contributed by atoms with Crippen LogP contribution in [-0.4, -0.2) is 22.2 Å². The van der Waals surface area contributed by atoms with Crippen LogP contribution in [0.5, 0.6) is 0 Å². The Morgan fingerprint density at radius 2 is 0.900 bits per heavy atom. The predicted molar refractivity (Wildman–Crippen MR) is 73.2 cm³/mol. The summed E-state index contributed by atoms with van der Waals surface area (Å²) < 4.78 is 0. The summed E-state index contributed by atoms with van der Waals surface area (Å²) in [4.78, 5) is 23.4. The molecule has 4 nitrogen and oxygen atoms in total. The Morgan fingerprint density at radius 3 is 1.10 bits per heavy atom. The number of carboxylic acid groups (broad SMARTS) is 2. The van der Waals surface area contributed by atoms with Crippen LogP contribution in [0.3, 0.4) is 0 Å². The summed E-state index contributed by atoms with van der Waals surface area (Å²) in [7, 11) is 0. The lowest BCUT2D eigenvalue weighted by atomic mass is 9.64. The lowest BCUT2D eigenvalue weighted by molar-refractivity contribution is -0.142. The Hall–Kier alpha value is -1.58. The summed E-state index contributed by atoms with van der Waals surface area (Å²) in [5.41, 5.74) is 3.65. The number of hydrogen-bond donors (Lipinski definition) is 2. The van der Waals surface area contributed by atoms with E-state index in [4.69, 9.17) is 0 Å². The molecular formula is C16H20O4. The fourth-order valence-corrected chi connectivity index (χ4v) is 4.24. The van der Waals surface area contributed by atoms with E-state index in [9.17, 15) is 19.8 Å². The molecule has 3 aliphatic rings. The van der Waals surface area contributed by atoms with Gasteiger partial charge in [0, 0.05) is 0 Å². The Labute approximate surface area is 118 Å². The molecule has 4 heteroatoms. The van der Waals surface area contributed by atoms with Gasteiger partial charge >= 0.3 is 11.9 Å². The van der Waals surface area contributed by atoms with Crippen molar-refractivity contribution >= 4 is 11.9 Å². The highest BCUT2D eigenvalue weighted by Crippen LogP contribution is 2.49. The molecule has 0 amide bonds. The van der Waals surface area contributed by atoms with E-state index < -0.39 is 23.8 Å². The number of aliphatic carboxylic acids is 2. The van der Waals surface area contributed by atoms with Gasteiger partial charge in [0.25, 0.3) is 0 Å². The summed E-state index contributed by atoms with van der Waals surface area (Å²) in [5.74, 6) is -2.65. The van der Waals surface area contributed by atoms with Gasteiger partial charge in [-0.05, 0) is 51.4 Å². The van der Waals surface area contributed by atoms with Crippen molar-refractivity contribution in [2.45, 2.75) is 51.4 Å². The molecule has 0 atom stereocenters. The minimum absolute atomic E-state index is 0.531. The SMILES string of the molecule is O=C(O)C1C2=C(CCCC2)C(C(=O)O)C2=C1CCCC2. The first kappa shape index (κ1) is 13.4. The molecule has 20 heavy (non-hydrogen) atoms. The van der Waals surface area contributed by atoms with Crippen LogP contribution in [0.1, 0.15) is 51.4 Å². The van der Waals surface area contributed by atoms with Crippen molar-refractivity contribution in [2.24, 2.45) is 11.8 Å². The average Bonchev–Trinajstić information content (AvgIpc) is 2.43. The van der Waals surface area contributed by atoms with Crippen molar-refractivity contribution in [3.05, 3.63) is 22.3 Å². The van der Waals surface area contributed by atoms with Crippen LogP contribution >= 0.6 is 0 Å². The van der Waals surface area contributed by atoms with E-state index in [2.05, 4.69) is 0 Å². The Morgan fingerprint density at radius 1 is 0.650 bits per heavy atom. The van der Waals surface area contributed by atoms with E-state index in [0.717, 1.165) is 73.7 Å². The molecule has 0 saturated carbocycles. The fraction of sp³-hybridized carbons (Fsp3) is 0.625. The lowest BCUT2D eigenvalue weighted by Gasteiger charge is -2.39. The van der Waals surface area contributed by atoms with Crippen molar-refractivity contribution in [1.82, 2.24) is 0 Å². The molecule has 0 aromatic carbocycles. The maximum absolute atomic E-state index is 11.7. The summed E-state index contributed by atoms with van der Waals surface area (Å²) in [6.07, 6.45) is 6.96. The van der Waals surface area contributed by atoms with Gasteiger partial charge in [-0.2, -0.15) is 0 Å². The van der Waals surface area contributed by atoms with E-state index in [1.54, 1.807) is 0 Å². The standard InChI is InChI=1S/C16H20O4/c17-15(18)13-9-5-1-2-6-10(9)14(16(19)20)12-8-4-3-7-11(12)13/h13-14H,1-8H2,(H,17,18)(H,19,20). The quantitative estimate of drug-likeness (QED) is 0.760. The lowest BCUT2D eigenvalue weighted by Crippen LogP contribution is -2.34. The summed E-state index contributed by atoms with van der Waals surface area (Å²) >= 11 is 0. The molecule has 108 valence electrons. The van der Waals surface area contributed by atoms with Gasteiger partial charge in [0.05, 0.1) is 11.8 Å². The normalized spacial score (nSPS) is 29.8. The van der Waals surface area contributed by atoms with E-state index >= 15 is 0 Å². The Balaban J connectivity index is 2.15. The van der Waals surface area contributed by atoms with Gasteiger partial charge in [0.1, 0.15) is 0 Å². The summed E-state index contributed by atoms with van der Waals surface area (Å²) in [5, 5.41) is 19.3. The van der Waals surface area contributed by atoms with Crippen LogP contribution < -0.4 is 0 Å². The molecule has 0 heterocycles. The second-order valence-electron chi connectivity index (χ2n) is 6.06. The predicted octanol–water partition coefficient (Wildman–Crippen LogP) is 3.14. The van der Waals surface area contributed by atoms with E-state index in [1.807, 2.05) is 0 Å². The highest BCUT2D eigenvalue weighted by atomic mass is 16.4. The number of hydrogen-bond acceptors (Lipinski definition) is 2. The first-order valence-corrected chi connectivity index (χ1v) is 7.50. The van der Waals surface area contributed by atoms with Crippen LogP contribution in [-0.2, 0) is 9.59 Å². The highest BCUT2D eigenvalue weighted by molar-refractivity contribution is 5.85. The average molecular weight is 276 g/mol. The molecular weight excluding hydrogens is 256 g/mol. The minimum Gasteiger partial charge on any atom is -0.481 e. The Kier molecular flexibility index (Phi) is 3.40. The number of carbonyl (C=O) groups is 2. The second kappa shape index (κ2) is 5.08. The summed E-state index contributed by atoms with van der Waals surface area (Å²) in [6.45, 7) is 0. The topological polar surface area (TPSA) is 74.6 Å². The van der Waals surface area contributed by atoms with Crippen molar-refractivity contribution < 1.29 is 19.8 Å². The van der Waals surface area contributed by atoms with Crippen LogP contribution in [0.15, 0.2) is 22.3 Å². The van der Waals surface area contributed by atoms with Gasteiger partial charge in [-0.1, -0.05) is 22.3 Å². The zero-order chi connectivity index (χ0) is 14.3. The molecule has 0 aromatic rings. The van der Waals surface area contributed by atoms with E-state index in [0.29, 0.717) is 0 Å². The molecule has 0 saturated heterocycles. The monoisotopic (exact) mass is 276 g/mol. The second-order valence-corrected chi connectivity index (χ2v) is 6.06. The molecule has 0 spiro atoms. The molecule has 0 bridgehead atoms. The third kappa shape index (κ3) is 1.98. The van der Waals surface area contributed by atoms with Gasteiger partial charge in [0.15, 0.2) is 0 Å². The molecule has 0 aliphatic heterocycles. The fourth-order valence-electron chi connectivity index (χ4n) is 4.24. The Bertz CT molecular complexity index is 447. The largest absolute Gasteiger partial charge is 0.481 e. The van der Waals surface area contributed by atoms with Gasteiger partial charge in [-0.3, -0.25) is 9.59 Å². The third-order valence-electron chi connectivity index (χ3n) is 5.00. The van der Waals surface area contributed by atoms with Gasteiger partial charge < -0.3 is 10.2 Å². The molecule has 0 fully saturated rings. The van der Waals surface area contributed by atoms with Crippen molar-refractivity contribution in [1.29, 1.82) is 0 Å². The smallest absolute Gasteiger partial charge is 0.314 e.